The molecule has 0 radical (unpaired) electrons. The monoisotopic (exact) mass is 323 g/mol. The minimum atomic E-state index is 0.290. The number of aromatic nitrogens is 1. The number of ether oxygens (including phenoxy) is 2. The summed E-state index contributed by atoms with van der Waals surface area (Å²) >= 11 is 0. The number of aliphatic imine (C=N–C) groups is 1. The zero-order valence-corrected chi connectivity index (χ0v) is 13.6. The van der Waals surface area contributed by atoms with Gasteiger partial charge in [0, 0.05) is 36.6 Å². The van der Waals surface area contributed by atoms with Gasteiger partial charge in [0.2, 0.25) is 6.79 Å². The molecular formula is C19H21N3O2. The molecule has 2 aliphatic rings. The fourth-order valence-electron chi connectivity index (χ4n) is 3.15. The normalized spacial score (nSPS) is 16.8. The summed E-state index contributed by atoms with van der Waals surface area (Å²) in [6.07, 6.45) is 7.61. The maximum atomic E-state index is 5.50. The smallest absolute Gasteiger partial charge is 0.231 e. The lowest BCUT2D eigenvalue weighted by Crippen LogP contribution is -2.30. The van der Waals surface area contributed by atoms with E-state index in [-0.39, 0.29) is 6.79 Å². The van der Waals surface area contributed by atoms with Crippen molar-refractivity contribution in [3.63, 3.8) is 0 Å². The fourth-order valence-corrected chi connectivity index (χ4v) is 3.15. The molecule has 0 bridgehead atoms. The van der Waals surface area contributed by atoms with Crippen LogP contribution in [0.5, 0.6) is 11.5 Å². The van der Waals surface area contributed by atoms with Crippen molar-refractivity contribution in [1.82, 2.24) is 4.98 Å². The summed E-state index contributed by atoms with van der Waals surface area (Å²) in [5, 5.41) is 0. The van der Waals surface area contributed by atoms with Crippen LogP contribution in [-0.4, -0.2) is 31.1 Å². The Hall–Kier alpha value is -2.56. The molecule has 2 aromatic rings. The van der Waals surface area contributed by atoms with Gasteiger partial charge in [0.05, 0.1) is 6.54 Å². The first-order valence-corrected chi connectivity index (χ1v) is 8.48. The Morgan fingerprint density at radius 2 is 2.00 bits per heavy atom. The number of fused-ring (bicyclic) bond motifs is 1. The molecule has 4 rings (SSSR count). The SMILES string of the molecule is C(=NCc1cccc2c1OCO2)c1ccc(N2CCCCC2)nc1. The standard InChI is InChI=1S/C19H21N3O2/c1-2-9-22(10-3-1)18-8-7-15(12-21-18)11-20-13-16-5-4-6-17-19(16)24-14-23-17/h4-8,11-12H,1-3,9-10,13-14H2. The van der Waals surface area contributed by atoms with E-state index in [9.17, 15) is 0 Å². The average molecular weight is 323 g/mol. The Kier molecular flexibility index (Phi) is 4.32. The number of para-hydroxylation sites is 1. The summed E-state index contributed by atoms with van der Waals surface area (Å²) in [4.78, 5) is 11.4. The van der Waals surface area contributed by atoms with Crippen LogP contribution in [0.1, 0.15) is 30.4 Å². The molecule has 2 aliphatic heterocycles. The largest absolute Gasteiger partial charge is 0.454 e. The van der Waals surface area contributed by atoms with Crippen LogP contribution in [0.15, 0.2) is 41.5 Å². The van der Waals surface area contributed by atoms with Crippen molar-refractivity contribution in [2.75, 3.05) is 24.8 Å². The van der Waals surface area contributed by atoms with Crippen LogP contribution in [0.2, 0.25) is 0 Å². The van der Waals surface area contributed by atoms with Crippen molar-refractivity contribution in [3.05, 3.63) is 47.7 Å². The lowest BCUT2D eigenvalue weighted by Gasteiger charge is -2.27. The minimum Gasteiger partial charge on any atom is -0.454 e. The van der Waals surface area contributed by atoms with Gasteiger partial charge in [0.25, 0.3) is 0 Å². The molecule has 124 valence electrons. The van der Waals surface area contributed by atoms with E-state index in [1.807, 2.05) is 30.6 Å². The van der Waals surface area contributed by atoms with Crippen LogP contribution in [-0.2, 0) is 6.54 Å². The molecule has 5 nitrogen and oxygen atoms in total. The van der Waals surface area contributed by atoms with Gasteiger partial charge in [-0.1, -0.05) is 12.1 Å². The molecule has 24 heavy (non-hydrogen) atoms. The molecule has 0 amide bonds. The highest BCUT2D eigenvalue weighted by Crippen LogP contribution is 2.35. The summed E-state index contributed by atoms with van der Waals surface area (Å²) in [6, 6.07) is 10.1. The third-order valence-electron chi connectivity index (χ3n) is 4.43. The quantitative estimate of drug-likeness (QED) is 0.809. The highest BCUT2D eigenvalue weighted by molar-refractivity contribution is 5.79. The number of piperidine rings is 1. The molecule has 0 atom stereocenters. The van der Waals surface area contributed by atoms with Gasteiger partial charge < -0.3 is 14.4 Å². The second-order valence-corrected chi connectivity index (χ2v) is 6.12. The number of nitrogens with zero attached hydrogens (tertiary/aromatic N) is 3. The second-order valence-electron chi connectivity index (χ2n) is 6.12. The van der Waals surface area contributed by atoms with Gasteiger partial charge >= 0.3 is 0 Å². The molecule has 0 aliphatic carbocycles. The van der Waals surface area contributed by atoms with Crippen LogP contribution in [0.3, 0.4) is 0 Å². The molecule has 0 N–H and O–H groups in total. The lowest BCUT2D eigenvalue weighted by molar-refractivity contribution is 0.173. The Morgan fingerprint density at radius 3 is 2.83 bits per heavy atom. The third kappa shape index (κ3) is 3.20. The number of hydrogen-bond acceptors (Lipinski definition) is 5. The molecule has 5 heteroatoms. The van der Waals surface area contributed by atoms with Gasteiger partial charge in [-0.05, 0) is 37.5 Å². The molecule has 0 spiro atoms. The predicted molar refractivity (Wildman–Crippen MR) is 94.2 cm³/mol. The van der Waals surface area contributed by atoms with E-state index in [1.54, 1.807) is 0 Å². The summed E-state index contributed by atoms with van der Waals surface area (Å²) in [5.74, 6) is 2.68. The van der Waals surface area contributed by atoms with Gasteiger partial charge in [-0.3, -0.25) is 4.99 Å². The van der Waals surface area contributed by atoms with Crippen molar-refractivity contribution >= 4 is 12.0 Å². The summed E-state index contributed by atoms with van der Waals surface area (Å²) < 4.78 is 10.9. The molecule has 3 heterocycles. The maximum Gasteiger partial charge on any atom is 0.231 e. The minimum absolute atomic E-state index is 0.290. The van der Waals surface area contributed by atoms with E-state index in [4.69, 9.17) is 9.47 Å². The molecular weight excluding hydrogens is 302 g/mol. The highest BCUT2D eigenvalue weighted by Gasteiger charge is 2.16. The summed E-state index contributed by atoms with van der Waals surface area (Å²) in [7, 11) is 0. The van der Waals surface area contributed by atoms with Gasteiger partial charge in [-0.2, -0.15) is 0 Å². The van der Waals surface area contributed by atoms with E-state index in [1.165, 1.54) is 19.3 Å². The Labute approximate surface area is 141 Å². The van der Waals surface area contributed by atoms with E-state index < -0.39 is 0 Å². The van der Waals surface area contributed by atoms with E-state index >= 15 is 0 Å². The predicted octanol–water partition coefficient (Wildman–Crippen LogP) is 3.42. The average Bonchev–Trinajstić information content (AvgIpc) is 3.13. The Bertz CT molecular complexity index is 722. The van der Waals surface area contributed by atoms with Crippen molar-refractivity contribution < 1.29 is 9.47 Å². The third-order valence-corrected chi connectivity index (χ3v) is 4.43. The van der Waals surface area contributed by atoms with Gasteiger partial charge in [-0.25, -0.2) is 4.98 Å². The van der Waals surface area contributed by atoms with Crippen molar-refractivity contribution in [3.8, 4) is 11.5 Å². The van der Waals surface area contributed by atoms with Crippen molar-refractivity contribution in [2.24, 2.45) is 4.99 Å². The molecule has 0 saturated carbocycles. The van der Waals surface area contributed by atoms with E-state index in [0.717, 1.165) is 41.5 Å². The number of pyridine rings is 1. The number of rotatable bonds is 4. The van der Waals surface area contributed by atoms with Gasteiger partial charge in [0.1, 0.15) is 5.82 Å². The van der Waals surface area contributed by atoms with Crippen LogP contribution in [0, 0.1) is 0 Å². The Morgan fingerprint density at radius 1 is 1.08 bits per heavy atom. The topological polar surface area (TPSA) is 47.0 Å². The van der Waals surface area contributed by atoms with Crippen LogP contribution >= 0.6 is 0 Å². The van der Waals surface area contributed by atoms with Crippen LogP contribution in [0.25, 0.3) is 0 Å². The number of benzene rings is 1. The first-order valence-electron chi connectivity index (χ1n) is 8.48. The molecule has 1 saturated heterocycles. The maximum absolute atomic E-state index is 5.50. The summed E-state index contributed by atoms with van der Waals surface area (Å²) in [5.41, 5.74) is 2.06. The fraction of sp³-hybridized carbons (Fsp3) is 0.368. The summed E-state index contributed by atoms with van der Waals surface area (Å²) in [6.45, 7) is 3.08. The number of hydrogen-bond donors (Lipinski definition) is 0. The van der Waals surface area contributed by atoms with Gasteiger partial charge in [-0.15, -0.1) is 0 Å². The van der Waals surface area contributed by atoms with Crippen LogP contribution < -0.4 is 14.4 Å². The van der Waals surface area contributed by atoms with Crippen LogP contribution in [0.4, 0.5) is 5.82 Å². The molecule has 0 unspecified atom stereocenters. The zero-order chi connectivity index (χ0) is 16.2. The molecule has 1 aromatic heterocycles. The van der Waals surface area contributed by atoms with E-state index in [0.29, 0.717) is 6.54 Å². The zero-order valence-electron chi connectivity index (χ0n) is 13.6. The van der Waals surface area contributed by atoms with E-state index in [2.05, 4.69) is 27.0 Å². The Balaban J connectivity index is 1.40. The van der Waals surface area contributed by atoms with Crippen molar-refractivity contribution in [1.29, 1.82) is 0 Å². The molecule has 1 aromatic carbocycles. The first kappa shape index (κ1) is 15.0. The highest BCUT2D eigenvalue weighted by atomic mass is 16.7. The van der Waals surface area contributed by atoms with Gasteiger partial charge in [0.15, 0.2) is 11.5 Å². The number of anilines is 1. The van der Waals surface area contributed by atoms with Crippen molar-refractivity contribution in [2.45, 2.75) is 25.8 Å². The second kappa shape index (κ2) is 6.91. The lowest BCUT2D eigenvalue weighted by atomic mass is 10.1. The molecule has 1 fully saturated rings. The first-order chi connectivity index (χ1) is 11.9.